The van der Waals surface area contributed by atoms with Crippen LogP contribution in [-0.4, -0.2) is 71.0 Å². The maximum absolute atomic E-state index is 11.9. The average molecular weight is 287 g/mol. The van der Waals surface area contributed by atoms with Gasteiger partial charge in [0.05, 0.1) is 0 Å². The number of likely N-dealkylation sites (tertiary alicyclic amines) is 1. The molecule has 4 rings (SSSR count). The van der Waals surface area contributed by atoms with Crippen LogP contribution in [0.3, 0.4) is 0 Å². The van der Waals surface area contributed by atoms with Crippen molar-refractivity contribution in [2.24, 2.45) is 5.92 Å². The van der Waals surface area contributed by atoms with E-state index in [0.29, 0.717) is 17.9 Å². The van der Waals surface area contributed by atoms with Gasteiger partial charge < -0.3 is 9.80 Å². The Labute approximate surface area is 124 Å². The molecule has 1 aliphatic carbocycles. The molecule has 0 radical (unpaired) electrons. The summed E-state index contributed by atoms with van der Waals surface area (Å²) in [6.07, 6.45) is 5.80. The number of hydrogen-bond acceptors (Lipinski definition) is 5. The fourth-order valence-corrected chi connectivity index (χ4v) is 3.20. The molecule has 0 atom stereocenters. The van der Waals surface area contributed by atoms with Gasteiger partial charge in [0.2, 0.25) is 11.9 Å². The van der Waals surface area contributed by atoms with Crippen molar-refractivity contribution in [2.75, 3.05) is 44.2 Å². The summed E-state index contributed by atoms with van der Waals surface area (Å²) < 4.78 is 0. The molecular formula is C15H21N5O. The van der Waals surface area contributed by atoms with Crippen LogP contribution in [0, 0.1) is 5.92 Å². The van der Waals surface area contributed by atoms with Crippen LogP contribution >= 0.6 is 0 Å². The lowest BCUT2D eigenvalue weighted by Gasteiger charge is -2.48. The normalized spacial score (nSPS) is 24.0. The molecule has 0 N–H and O–H groups in total. The van der Waals surface area contributed by atoms with Gasteiger partial charge >= 0.3 is 0 Å². The Bertz CT molecular complexity index is 504. The highest BCUT2D eigenvalue weighted by atomic mass is 16.2. The zero-order valence-electron chi connectivity index (χ0n) is 12.2. The van der Waals surface area contributed by atoms with Crippen LogP contribution in [0.4, 0.5) is 5.95 Å². The summed E-state index contributed by atoms with van der Waals surface area (Å²) in [5.41, 5.74) is 0. The van der Waals surface area contributed by atoms with Crippen molar-refractivity contribution >= 4 is 11.9 Å². The van der Waals surface area contributed by atoms with E-state index >= 15 is 0 Å². The smallest absolute Gasteiger partial charge is 0.225 e. The molecule has 1 aromatic rings. The van der Waals surface area contributed by atoms with Crippen molar-refractivity contribution in [1.82, 2.24) is 19.8 Å². The van der Waals surface area contributed by atoms with Gasteiger partial charge in [0.25, 0.3) is 0 Å². The number of rotatable bonds is 3. The van der Waals surface area contributed by atoms with Crippen molar-refractivity contribution in [3.05, 3.63) is 18.5 Å². The Morgan fingerprint density at radius 2 is 1.71 bits per heavy atom. The van der Waals surface area contributed by atoms with Crippen LogP contribution in [0.1, 0.15) is 12.8 Å². The van der Waals surface area contributed by atoms with Crippen LogP contribution in [0.25, 0.3) is 0 Å². The number of carbonyl (C=O) groups is 1. The predicted molar refractivity (Wildman–Crippen MR) is 78.9 cm³/mol. The summed E-state index contributed by atoms with van der Waals surface area (Å²) in [5, 5.41) is 0. The third-order valence-electron chi connectivity index (χ3n) is 4.77. The summed E-state index contributed by atoms with van der Waals surface area (Å²) >= 11 is 0. The van der Waals surface area contributed by atoms with E-state index in [1.54, 1.807) is 12.4 Å². The highest BCUT2D eigenvalue weighted by Crippen LogP contribution is 2.33. The first kappa shape index (κ1) is 13.0. The minimum atomic E-state index is 0.359. The van der Waals surface area contributed by atoms with Gasteiger partial charge in [-0.3, -0.25) is 9.69 Å². The Hall–Kier alpha value is -1.69. The summed E-state index contributed by atoms with van der Waals surface area (Å²) in [6, 6.07) is 2.41. The van der Waals surface area contributed by atoms with Gasteiger partial charge in [-0.1, -0.05) is 0 Å². The molecule has 3 fully saturated rings. The lowest BCUT2D eigenvalue weighted by Crippen LogP contribution is -2.64. The van der Waals surface area contributed by atoms with Gasteiger partial charge in [-0.15, -0.1) is 0 Å². The number of piperazine rings is 1. The van der Waals surface area contributed by atoms with Crippen LogP contribution in [-0.2, 0) is 4.79 Å². The van der Waals surface area contributed by atoms with Gasteiger partial charge in [0.1, 0.15) is 0 Å². The van der Waals surface area contributed by atoms with Gasteiger partial charge in [0, 0.05) is 63.6 Å². The van der Waals surface area contributed by atoms with Crippen molar-refractivity contribution in [1.29, 1.82) is 0 Å². The number of carbonyl (C=O) groups excluding carboxylic acids is 1. The highest BCUT2D eigenvalue weighted by molar-refractivity contribution is 5.81. The van der Waals surface area contributed by atoms with E-state index in [0.717, 1.165) is 58.1 Å². The second-order valence-electron chi connectivity index (χ2n) is 6.24. The second-order valence-corrected chi connectivity index (χ2v) is 6.24. The maximum atomic E-state index is 11.9. The lowest BCUT2D eigenvalue weighted by atomic mass is 10.1. The monoisotopic (exact) mass is 287 g/mol. The number of amides is 1. The molecule has 2 aliphatic heterocycles. The first-order valence-corrected chi connectivity index (χ1v) is 7.86. The van der Waals surface area contributed by atoms with Crippen molar-refractivity contribution < 1.29 is 4.79 Å². The van der Waals surface area contributed by atoms with E-state index in [-0.39, 0.29) is 0 Å². The first-order valence-electron chi connectivity index (χ1n) is 7.86. The molecule has 0 unspecified atom stereocenters. The quantitative estimate of drug-likeness (QED) is 0.796. The van der Waals surface area contributed by atoms with Crippen molar-refractivity contribution in [3.8, 4) is 0 Å². The van der Waals surface area contributed by atoms with Crippen LogP contribution in [0.15, 0.2) is 18.5 Å². The van der Waals surface area contributed by atoms with E-state index in [9.17, 15) is 4.79 Å². The highest BCUT2D eigenvalue weighted by Gasteiger charge is 2.41. The number of hydrogen-bond donors (Lipinski definition) is 0. The molecule has 1 amide bonds. The third kappa shape index (κ3) is 2.60. The third-order valence-corrected chi connectivity index (χ3v) is 4.77. The summed E-state index contributed by atoms with van der Waals surface area (Å²) in [5.74, 6) is 1.58. The van der Waals surface area contributed by atoms with Crippen LogP contribution in [0.2, 0.25) is 0 Å². The molecule has 6 nitrogen and oxygen atoms in total. The molecule has 21 heavy (non-hydrogen) atoms. The molecule has 3 aliphatic rings. The maximum Gasteiger partial charge on any atom is 0.225 e. The molecule has 2 saturated heterocycles. The Balaban J connectivity index is 1.26. The SMILES string of the molecule is O=C(C1CC1)N1CC(N2CCN(c3ncccn3)CC2)C1. The van der Waals surface area contributed by atoms with E-state index in [1.165, 1.54) is 0 Å². The van der Waals surface area contributed by atoms with Gasteiger partial charge in [-0.25, -0.2) is 9.97 Å². The predicted octanol–water partition coefficient (Wildman–Crippen LogP) is 0.219. The zero-order chi connectivity index (χ0) is 14.2. The Morgan fingerprint density at radius 3 is 2.33 bits per heavy atom. The topological polar surface area (TPSA) is 52.6 Å². The summed E-state index contributed by atoms with van der Waals surface area (Å²) in [4.78, 5) is 27.3. The number of aromatic nitrogens is 2. The molecule has 0 aromatic carbocycles. The van der Waals surface area contributed by atoms with Crippen molar-refractivity contribution in [2.45, 2.75) is 18.9 Å². The fourth-order valence-electron chi connectivity index (χ4n) is 3.20. The van der Waals surface area contributed by atoms with Crippen molar-refractivity contribution in [3.63, 3.8) is 0 Å². The van der Waals surface area contributed by atoms with E-state index in [2.05, 4.69) is 19.8 Å². The molecule has 112 valence electrons. The molecular weight excluding hydrogens is 266 g/mol. The van der Waals surface area contributed by atoms with Crippen LogP contribution < -0.4 is 4.90 Å². The van der Waals surface area contributed by atoms with E-state index < -0.39 is 0 Å². The average Bonchev–Trinajstić information content (AvgIpc) is 3.32. The fraction of sp³-hybridized carbons (Fsp3) is 0.667. The molecule has 0 bridgehead atoms. The summed E-state index contributed by atoms with van der Waals surface area (Å²) in [7, 11) is 0. The minimum Gasteiger partial charge on any atom is -0.339 e. The number of anilines is 1. The Kier molecular flexibility index (Phi) is 3.25. The van der Waals surface area contributed by atoms with Gasteiger partial charge in [-0.05, 0) is 18.9 Å². The van der Waals surface area contributed by atoms with Gasteiger partial charge in [-0.2, -0.15) is 0 Å². The van der Waals surface area contributed by atoms with E-state index in [1.807, 2.05) is 11.0 Å². The second kappa shape index (κ2) is 5.26. The molecule has 6 heteroatoms. The lowest BCUT2D eigenvalue weighted by molar-refractivity contribution is -0.140. The van der Waals surface area contributed by atoms with E-state index in [4.69, 9.17) is 0 Å². The van der Waals surface area contributed by atoms with Gasteiger partial charge in [0.15, 0.2) is 0 Å². The Morgan fingerprint density at radius 1 is 1.05 bits per heavy atom. The summed E-state index contributed by atoms with van der Waals surface area (Å²) in [6.45, 7) is 5.87. The molecule has 1 aromatic heterocycles. The van der Waals surface area contributed by atoms with Crippen LogP contribution in [0.5, 0.6) is 0 Å². The zero-order valence-corrected chi connectivity index (χ0v) is 12.2. The molecule has 0 spiro atoms. The first-order chi connectivity index (χ1) is 10.3. The molecule has 3 heterocycles. The number of nitrogens with zero attached hydrogens (tertiary/aromatic N) is 5. The molecule has 1 saturated carbocycles. The standard InChI is InChI=1S/C15H21N5O/c21-14(12-2-3-12)20-10-13(11-20)18-6-8-19(9-7-18)15-16-4-1-5-17-15/h1,4-5,12-13H,2-3,6-11H2. The minimum absolute atomic E-state index is 0.359. The largest absolute Gasteiger partial charge is 0.339 e.